The lowest BCUT2D eigenvalue weighted by Crippen LogP contribution is -2.45. The number of ether oxygens (including phenoxy) is 2. The second-order valence-electron chi connectivity index (χ2n) is 7.97. The van der Waals surface area contributed by atoms with Crippen molar-refractivity contribution in [1.29, 1.82) is 0 Å². The number of methoxy groups -OCH3 is 1. The van der Waals surface area contributed by atoms with Gasteiger partial charge in [0.05, 0.1) is 13.0 Å². The van der Waals surface area contributed by atoms with Crippen LogP contribution in [-0.4, -0.2) is 68.1 Å². The largest absolute Gasteiger partial charge is 0.497 e. The molecule has 3 aliphatic rings. The van der Waals surface area contributed by atoms with E-state index < -0.39 is 0 Å². The number of likely N-dealkylation sites (tertiary alicyclic amines) is 2. The number of carbonyl (C=O) groups is 2. The molecule has 0 saturated carbocycles. The molecule has 2 amide bonds. The first-order valence-corrected chi connectivity index (χ1v) is 9.93. The third-order valence-corrected chi connectivity index (χ3v) is 6.48. The Kier molecular flexibility index (Phi) is 5.08. The highest BCUT2D eigenvalue weighted by atomic mass is 16.5. The quantitative estimate of drug-likeness (QED) is 0.816. The van der Waals surface area contributed by atoms with Crippen molar-refractivity contribution in [3.63, 3.8) is 0 Å². The highest BCUT2D eigenvalue weighted by Crippen LogP contribution is 2.45. The lowest BCUT2D eigenvalue weighted by molar-refractivity contribution is -0.139. The van der Waals surface area contributed by atoms with Crippen molar-refractivity contribution in [2.24, 2.45) is 11.3 Å². The van der Waals surface area contributed by atoms with Gasteiger partial charge in [-0.15, -0.1) is 0 Å². The van der Waals surface area contributed by atoms with Crippen LogP contribution in [0.5, 0.6) is 5.75 Å². The first-order chi connectivity index (χ1) is 13.1. The van der Waals surface area contributed by atoms with Gasteiger partial charge in [0.25, 0.3) is 5.91 Å². The van der Waals surface area contributed by atoms with Gasteiger partial charge in [-0.25, -0.2) is 0 Å². The third kappa shape index (κ3) is 3.43. The maximum absolute atomic E-state index is 13.2. The number of hydrogen-bond acceptors (Lipinski definition) is 4. The number of benzene rings is 1. The Balaban J connectivity index is 1.55. The smallest absolute Gasteiger partial charge is 0.253 e. The Morgan fingerprint density at radius 1 is 1.07 bits per heavy atom. The molecule has 0 unspecified atom stereocenters. The van der Waals surface area contributed by atoms with Gasteiger partial charge in [-0.1, -0.05) is 0 Å². The fourth-order valence-electron chi connectivity index (χ4n) is 4.82. The zero-order chi connectivity index (χ0) is 18.9. The van der Waals surface area contributed by atoms with Crippen LogP contribution in [-0.2, 0) is 9.53 Å². The topological polar surface area (TPSA) is 59.1 Å². The van der Waals surface area contributed by atoms with Gasteiger partial charge in [0.15, 0.2) is 0 Å². The fraction of sp³-hybridized carbons (Fsp3) is 0.619. The zero-order valence-corrected chi connectivity index (χ0v) is 16.0. The molecule has 27 heavy (non-hydrogen) atoms. The van der Waals surface area contributed by atoms with Crippen LogP contribution in [0.4, 0.5) is 0 Å². The van der Waals surface area contributed by atoms with E-state index in [9.17, 15) is 9.59 Å². The normalized spacial score (nSPS) is 24.4. The SMILES string of the molecule is COc1ccc(C(=O)N2C[C@H](C(=O)N3CCCC3)C3(CCOCC3)C2)cc1. The molecule has 1 atom stereocenters. The van der Waals surface area contributed by atoms with Gasteiger partial charge in [0.1, 0.15) is 5.75 Å². The van der Waals surface area contributed by atoms with Crippen molar-refractivity contribution in [3.8, 4) is 5.75 Å². The first-order valence-electron chi connectivity index (χ1n) is 9.93. The molecule has 6 nitrogen and oxygen atoms in total. The summed E-state index contributed by atoms with van der Waals surface area (Å²) >= 11 is 0. The van der Waals surface area contributed by atoms with E-state index in [1.54, 1.807) is 31.4 Å². The Labute approximate surface area is 160 Å². The lowest BCUT2D eigenvalue weighted by atomic mass is 9.71. The number of amides is 2. The Bertz CT molecular complexity index is 691. The summed E-state index contributed by atoms with van der Waals surface area (Å²) in [5, 5.41) is 0. The summed E-state index contributed by atoms with van der Waals surface area (Å²) < 4.78 is 10.8. The van der Waals surface area contributed by atoms with Crippen LogP contribution in [0.1, 0.15) is 36.0 Å². The van der Waals surface area contributed by atoms with Gasteiger partial charge < -0.3 is 19.3 Å². The van der Waals surface area contributed by atoms with Gasteiger partial charge in [-0.3, -0.25) is 9.59 Å². The molecule has 6 heteroatoms. The molecule has 3 fully saturated rings. The molecule has 4 rings (SSSR count). The number of rotatable bonds is 3. The Morgan fingerprint density at radius 3 is 2.37 bits per heavy atom. The number of hydrogen-bond donors (Lipinski definition) is 0. The van der Waals surface area contributed by atoms with E-state index in [1.165, 1.54) is 0 Å². The van der Waals surface area contributed by atoms with Gasteiger partial charge in [0.2, 0.25) is 5.91 Å². The summed E-state index contributed by atoms with van der Waals surface area (Å²) in [5.41, 5.74) is 0.507. The van der Waals surface area contributed by atoms with E-state index in [2.05, 4.69) is 0 Å². The van der Waals surface area contributed by atoms with Crippen LogP contribution in [0.2, 0.25) is 0 Å². The van der Waals surface area contributed by atoms with E-state index >= 15 is 0 Å². The second-order valence-corrected chi connectivity index (χ2v) is 7.97. The Morgan fingerprint density at radius 2 is 1.74 bits per heavy atom. The molecule has 3 heterocycles. The molecule has 0 bridgehead atoms. The van der Waals surface area contributed by atoms with Crippen LogP contribution < -0.4 is 4.74 Å². The van der Waals surface area contributed by atoms with Crippen LogP contribution in [0.25, 0.3) is 0 Å². The maximum atomic E-state index is 13.2. The monoisotopic (exact) mass is 372 g/mol. The van der Waals surface area contributed by atoms with Crippen molar-refractivity contribution in [3.05, 3.63) is 29.8 Å². The van der Waals surface area contributed by atoms with Gasteiger partial charge in [-0.2, -0.15) is 0 Å². The van der Waals surface area contributed by atoms with E-state index in [1.807, 2.05) is 9.80 Å². The molecule has 0 aliphatic carbocycles. The van der Waals surface area contributed by atoms with Crippen LogP contribution in [0.15, 0.2) is 24.3 Å². The Hall–Kier alpha value is -2.08. The summed E-state index contributed by atoms with van der Waals surface area (Å²) in [6.45, 7) is 4.22. The number of carbonyl (C=O) groups excluding carboxylic acids is 2. The van der Waals surface area contributed by atoms with Crippen molar-refractivity contribution < 1.29 is 19.1 Å². The molecule has 3 saturated heterocycles. The molecule has 0 radical (unpaired) electrons. The van der Waals surface area contributed by atoms with Crippen LogP contribution in [0, 0.1) is 11.3 Å². The molecule has 1 aromatic rings. The molecule has 0 N–H and O–H groups in total. The highest BCUT2D eigenvalue weighted by molar-refractivity contribution is 5.95. The summed E-state index contributed by atoms with van der Waals surface area (Å²) in [6, 6.07) is 7.21. The predicted octanol–water partition coefficient (Wildman–Crippen LogP) is 2.19. The lowest BCUT2D eigenvalue weighted by Gasteiger charge is -2.38. The molecule has 0 aromatic heterocycles. The third-order valence-electron chi connectivity index (χ3n) is 6.48. The highest BCUT2D eigenvalue weighted by Gasteiger charge is 2.52. The van der Waals surface area contributed by atoms with Crippen molar-refractivity contribution in [1.82, 2.24) is 9.80 Å². The summed E-state index contributed by atoms with van der Waals surface area (Å²) in [7, 11) is 1.61. The molecule has 1 spiro atoms. The van der Waals surface area contributed by atoms with E-state index in [0.717, 1.165) is 44.5 Å². The van der Waals surface area contributed by atoms with E-state index in [4.69, 9.17) is 9.47 Å². The van der Waals surface area contributed by atoms with E-state index in [-0.39, 0.29) is 23.1 Å². The van der Waals surface area contributed by atoms with Crippen LogP contribution in [0.3, 0.4) is 0 Å². The molecule has 146 valence electrons. The summed E-state index contributed by atoms with van der Waals surface area (Å²) in [4.78, 5) is 30.2. The standard InChI is InChI=1S/C21H28N2O4/c1-26-17-6-4-16(5-7-17)19(24)23-14-18(20(25)22-10-2-3-11-22)21(15-23)8-12-27-13-9-21/h4-7,18H,2-3,8-15H2,1H3/t18-/m1/s1. The molecular weight excluding hydrogens is 344 g/mol. The van der Waals surface area contributed by atoms with E-state index in [0.29, 0.717) is 31.9 Å². The minimum Gasteiger partial charge on any atom is -0.497 e. The predicted molar refractivity (Wildman–Crippen MR) is 101 cm³/mol. The van der Waals surface area contributed by atoms with Crippen molar-refractivity contribution in [2.45, 2.75) is 25.7 Å². The molecular formula is C21H28N2O4. The summed E-state index contributed by atoms with van der Waals surface area (Å²) in [5.74, 6) is 0.859. The van der Waals surface area contributed by atoms with Crippen molar-refractivity contribution >= 4 is 11.8 Å². The molecule has 3 aliphatic heterocycles. The fourth-order valence-corrected chi connectivity index (χ4v) is 4.82. The minimum atomic E-state index is -0.139. The average Bonchev–Trinajstić information content (AvgIpc) is 3.36. The van der Waals surface area contributed by atoms with Gasteiger partial charge in [0, 0.05) is 50.4 Å². The van der Waals surface area contributed by atoms with Gasteiger partial charge >= 0.3 is 0 Å². The van der Waals surface area contributed by atoms with Gasteiger partial charge in [-0.05, 0) is 49.9 Å². The van der Waals surface area contributed by atoms with Crippen molar-refractivity contribution in [2.75, 3.05) is 46.5 Å². The average molecular weight is 372 g/mol. The van der Waals surface area contributed by atoms with Crippen LogP contribution >= 0.6 is 0 Å². The number of nitrogens with zero attached hydrogens (tertiary/aromatic N) is 2. The first kappa shape index (κ1) is 18.3. The molecule has 1 aromatic carbocycles. The minimum absolute atomic E-state index is 0.000224. The maximum Gasteiger partial charge on any atom is 0.253 e. The second kappa shape index (κ2) is 7.50. The summed E-state index contributed by atoms with van der Waals surface area (Å²) in [6.07, 6.45) is 3.87. The zero-order valence-electron chi connectivity index (χ0n) is 16.0.